The fourth-order valence-corrected chi connectivity index (χ4v) is 2.74. The molecule has 1 aliphatic heterocycles. The number of thioether (sulfide) groups is 1. The van der Waals surface area contributed by atoms with E-state index in [1.54, 1.807) is 0 Å². The van der Waals surface area contributed by atoms with Crippen LogP contribution in [0.3, 0.4) is 0 Å². The zero-order valence-corrected chi connectivity index (χ0v) is 9.64. The minimum Gasteiger partial charge on any atom is -0.298 e. The fraction of sp³-hybridized carbons (Fsp3) is 0.889. The van der Waals surface area contributed by atoms with Crippen molar-refractivity contribution in [1.29, 1.82) is 0 Å². The molecule has 82 valence electrons. The van der Waals surface area contributed by atoms with Crippen LogP contribution in [0.25, 0.3) is 0 Å². The van der Waals surface area contributed by atoms with Crippen LogP contribution in [-0.4, -0.2) is 40.9 Å². The standard InChI is InChI=1S/C9H19N3OS/c1-7(5-9(13)11-10)12-3-4-14-8(2)6-12/h7-8H,3-6,10H2,1-2H3,(H,11,13). The lowest BCUT2D eigenvalue weighted by molar-refractivity contribution is -0.122. The monoisotopic (exact) mass is 217 g/mol. The average molecular weight is 217 g/mol. The molecule has 1 amide bonds. The maximum Gasteiger partial charge on any atom is 0.235 e. The van der Waals surface area contributed by atoms with Gasteiger partial charge in [-0.15, -0.1) is 0 Å². The summed E-state index contributed by atoms with van der Waals surface area (Å²) in [5.41, 5.74) is 2.18. The van der Waals surface area contributed by atoms with E-state index in [4.69, 9.17) is 5.84 Å². The number of hydrogen-bond donors (Lipinski definition) is 2. The second kappa shape index (κ2) is 5.58. The van der Waals surface area contributed by atoms with Gasteiger partial charge in [0.05, 0.1) is 0 Å². The largest absolute Gasteiger partial charge is 0.298 e. The number of nitrogens with two attached hydrogens (primary N) is 1. The van der Waals surface area contributed by atoms with Crippen LogP contribution in [0.4, 0.5) is 0 Å². The van der Waals surface area contributed by atoms with E-state index in [9.17, 15) is 4.79 Å². The van der Waals surface area contributed by atoms with Crippen LogP contribution in [0.5, 0.6) is 0 Å². The van der Waals surface area contributed by atoms with Gasteiger partial charge < -0.3 is 0 Å². The molecule has 0 saturated carbocycles. The molecule has 5 heteroatoms. The van der Waals surface area contributed by atoms with Crippen molar-refractivity contribution in [2.75, 3.05) is 18.8 Å². The Bertz CT molecular complexity index is 200. The van der Waals surface area contributed by atoms with Crippen molar-refractivity contribution in [3.8, 4) is 0 Å². The second-order valence-corrected chi connectivity index (χ2v) is 5.34. The van der Waals surface area contributed by atoms with E-state index in [2.05, 4.69) is 24.2 Å². The molecule has 2 atom stereocenters. The molecule has 14 heavy (non-hydrogen) atoms. The molecule has 0 aromatic carbocycles. The van der Waals surface area contributed by atoms with Gasteiger partial charge >= 0.3 is 0 Å². The molecular formula is C9H19N3OS. The van der Waals surface area contributed by atoms with Gasteiger partial charge in [0.2, 0.25) is 5.91 Å². The van der Waals surface area contributed by atoms with Crippen LogP contribution < -0.4 is 11.3 Å². The maximum absolute atomic E-state index is 11.1. The lowest BCUT2D eigenvalue weighted by Gasteiger charge is -2.34. The Morgan fingerprint density at radius 1 is 1.79 bits per heavy atom. The minimum atomic E-state index is -0.0802. The van der Waals surface area contributed by atoms with E-state index < -0.39 is 0 Å². The minimum absolute atomic E-state index is 0.0802. The third-order valence-electron chi connectivity index (χ3n) is 2.54. The van der Waals surface area contributed by atoms with E-state index in [-0.39, 0.29) is 5.91 Å². The Kier molecular flexibility index (Phi) is 4.71. The predicted molar refractivity (Wildman–Crippen MR) is 59.9 cm³/mol. The number of nitrogens with zero attached hydrogens (tertiary/aromatic N) is 1. The molecule has 1 aliphatic rings. The fourth-order valence-electron chi connectivity index (χ4n) is 1.70. The highest BCUT2D eigenvalue weighted by Crippen LogP contribution is 2.20. The van der Waals surface area contributed by atoms with E-state index in [0.29, 0.717) is 17.7 Å². The lowest BCUT2D eigenvalue weighted by atomic mass is 10.2. The summed E-state index contributed by atoms with van der Waals surface area (Å²) in [6, 6.07) is 0.293. The molecule has 4 nitrogen and oxygen atoms in total. The zero-order valence-electron chi connectivity index (χ0n) is 8.82. The summed E-state index contributed by atoms with van der Waals surface area (Å²) in [6.07, 6.45) is 0.494. The van der Waals surface area contributed by atoms with E-state index >= 15 is 0 Å². The number of amides is 1. The molecule has 0 radical (unpaired) electrons. The summed E-state index contributed by atoms with van der Waals surface area (Å²) in [7, 11) is 0. The number of carbonyl (C=O) groups excluding carboxylic acids is 1. The first-order chi connectivity index (χ1) is 6.63. The molecule has 1 heterocycles. The Balaban J connectivity index is 2.35. The SMILES string of the molecule is CC1CN(C(C)CC(=O)NN)CCS1. The van der Waals surface area contributed by atoms with Crippen molar-refractivity contribution in [3.63, 3.8) is 0 Å². The third kappa shape index (κ3) is 3.48. The quantitative estimate of drug-likeness (QED) is 0.402. The highest BCUT2D eigenvalue weighted by molar-refractivity contribution is 7.99. The van der Waals surface area contributed by atoms with Crippen molar-refractivity contribution in [2.45, 2.75) is 31.6 Å². The Labute approximate surface area is 89.6 Å². The molecule has 3 N–H and O–H groups in total. The van der Waals surface area contributed by atoms with Gasteiger partial charge in [-0.2, -0.15) is 11.8 Å². The molecule has 1 saturated heterocycles. The summed E-state index contributed by atoms with van der Waals surface area (Å²) < 4.78 is 0. The van der Waals surface area contributed by atoms with Crippen molar-refractivity contribution < 1.29 is 4.79 Å². The highest BCUT2D eigenvalue weighted by atomic mass is 32.2. The first kappa shape index (κ1) is 11.8. The molecule has 0 aromatic rings. The average Bonchev–Trinajstić information content (AvgIpc) is 2.17. The number of nitrogens with one attached hydrogen (secondary N) is 1. The van der Waals surface area contributed by atoms with E-state index in [1.165, 1.54) is 0 Å². The number of hydrogen-bond acceptors (Lipinski definition) is 4. The van der Waals surface area contributed by atoms with Gasteiger partial charge in [0.25, 0.3) is 0 Å². The van der Waals surface area contributed by atoms with Crippen LogP contribution in [0.15, 0.2) is 0 Å². The Morgan fingerprint density at radius 2 is 2.50 bits per heavy atom. The van der Waals surface area contributed by atoms with Crippen molar-refractivity contribution in [2.24, 2.45) is 5.84 Å². The second-order valence-electron chi connectivity index (χ2n) is 3.80. The number of hydrazine groups is 1. The maximum atomic E-state index is 11.1. The van der Waals surface area contributed by atoms with Gasteiger partial charge in [0.15, 0.2) is 0 Å². The van der Waals surface area contributed by atoms with E-state index in [0.717, 1.165) is 18.8 Å². The molecule has 2 unspecified atom stereocenters. The van der Waals surface area contributed by atoms with E-state index in [1.807, 2.05) is 11.8 Å². The van der Waals surface area contributed by atoms with Crippen LogP contribution >= 0.6 is 11.8 Å². The zero-order chi connectivity index (χ0) is 10.6. The Hall–Kier alpha value is -0.260. The van der Waals surface area contributed by atoms with Gasteiger partial charge in [-0.25, -0.2) is 5.84 Å². The predicted octanol–water partition coefficient (Wildman–Crippen LogP) is 0.192. The van der Waals surface area contributed by atoms with Crippen molar-refractivity contribution >= 4 is 17.7 Å². The van der Waals surface area contributed by atoms with Crippen molar-refractivity contribution in [1.82, 2.24) is 10.3 Å². The third-order valence-corrected chi connectivity index (χ3v) is 3.67. The van der Waals surface area contributed by atoms with Gasteiger partial charge in [-0.3, -0.25) is 15.1 Å². The summed E-state index contributed by atoms with van der Waals surface area (Å²) in [6.45, 7) is 6.46. The topological polar surface area (TPSA) is 58.4 Å². The molecule has 0 aromatic heterocycles. The highest BCUT2D eigenvalue weighted by Gasteiger charge is 2.22. The van der Waals surface area contributed by atoms with Gasteiger partial charge in [0, 0.05) is 36.6 Å². The summed E-state index contributed by atoms with van der Waals surface area (Å²) >= 11 is 2.00. The summed E-state index contributed by atoms with van der Waals surface area (Å²) in [5, 5.41) is 0.673. The van der Waals surface area contributed by atoms with Gasteiger partial charge in [-0.1, -0.05) is 6.92 Å². The van der Waals surface area contributed by atoms with Crippen LogP contribution in [0, 0.1) is 0 Å². The first-order valence-corrected chi connectivity index (χ1v) is 6.03. The normalized spacial score (nSPS) is 25.8. The molecule has 0 spiro atoms. The summed E-state index contributed by atoms with van der Waals surface area (Å²) in [5.74, 6) is 6.14. The van der Waals surface area contributed by atoms with Crippen LogP contribution in [0.2, 0.25) is 0 Å². The molecule has 1 fully saturated rings. The molecule has 0 aliphatic carbocycles. The smallest absolute Gasteiger partial charge is 0.235 e. The van der Waals surface area contributed by atoms with Crippen LogP contribution in [-0.2, 0) is 4.79 Å². The number of rotatable bonds is 3. The molecule has 1 rings (SSSR count). The van der Waals surface area contributed by atoms with Crippen LogP contribution in [0.1, 0.15) is 20.3 Å². The molecular weight excluding hydrogens is 198 g/mol. The van der Waals surface area contributed by atoms with Gasteiger partial charge in [-0.05, 0) is 6.92 Å². The van der Waals surface area contributed by atoms with Gasteiger partial charge in [0.1, 0.15) is 0 Å². The number of carbonyl (C=O) groups is 1. The van der Waals surface area contributed by atoms with Crippen molar-refractivity contribution in [3.05, 3.63) is 0 Å². The molecule has 0 bridgehead atoms. The summed E-state index contributed by atoms with van der Waals surface area (Å²) in [4.78, 5) is 13.4. The first-order valence-electron chi connectivity index (χ1n) is 4.98. The Morgan fingerprint density at radius 3 is 3.07 bits per heavy atom. The lowest BCUT2D eigenvalue weighted by Crippen LogP contribution is -2.45.